The SMILES string of the molecule is CCCNC(=O)C(C)N(Cc1ccc(Cl)c(Cl)c1)C(=O)CN(c1cc(Cl)c(Cl)cc1Cl)S(C)(=O)=O. The first-order chi connectivity index (χ1) is 16.3. The van der Waals surface area contributed by atoms with Gasteiger partial charge in [0.1, 0.15) is 12.6 Å². The van der Waals surface area contributed by atoms with Crippen LogP contribution in [0.5, 0.6) is 0 Å². The van der Waals surface area contributed by atoms with Crippen LogP contribution in [0.25, 0.3) is 0 Å². The quantitative estimate of drug-likeness (QED) is 0.355. The van der Waals surface area contributed by atoms with Gasteiger partial charge in [-0.3, -0.25) is 13.9 Å². The first-order valence-corrected chi connectivity index (χ1v) is 14.1. The lowest BCUT2D eigenvalue weighted by atomic mass is 10.1. The smallest absolute Gasteiger partial charge is 0.244 e. The summed E-state index contributed by atoms with van der Waals surface area (Å²) >= 11 is 30.4. The van der Waals surface area contributed by atoms with E-state index in [0.29, 0.717) is 23.6 Å². The van der Waals surface area contributed by atoms with Crippen molar-refractivity contribution in [3.63, 3.8) is 0 Å². The third-order valence-corrected chi connectivity index (χ3v) is 7.88. The molecule has 2 aromatic carbocycles. The van der Waals surface area contributed by atoms with Gasteiger partial charge in [-0.15, -0.1) is 0 Å². The molecule has 192 valence electrons. The van der Waals surface area contributed by atoms with Crippen LogP contribution in [0.2, 0.25) is 25.1 Å². The molecule has 0 bridgehead atoms. The third-order valence-electron chi connectivity index (χ3n) is 4.99. The zero-order valence-electron chi connectivity index (χ0n) is 19.1. The van der Waals surface area contributed by atoms with Crippen LogP contribution in [0.15, 0.2) is 30.3 Å². The Hall–Kier alpha value is -1.42. The molecule has 1 N–H and O–H groups in total. The van der Waals surface area contributed by atoms with Gasteiger partial charge in [0.2, 0.25) is 21.8 Å². The fraction of sp³-hybridized carbons (Fsp3) is 0.364. The van der Waals surface area contributed by atoms with Gasteiger partial charge >= 0.3 is 0 Å². The Labute approximate surface area is 230 Å². The first kappa shape index (κ1) is 29.8. The Balaban J connectivity index is 2.46. The van der Waals surface area contributed by atoms with E-state index < -0.39 is 34.4 Å². The number of carbonyl (C=O) groups is 2. The molecule has 1 atom stereocenters. The molecule has 0 aliphatic rings. The highest BCUT2D eigenvalue weighted by atomic mass is 35.5. The van der Waals surface area contributed by atoms with Gasteiger partial charge in [-0.05, 0) is 43.2 Å². The molecular weight excluding hydrogens is 580 g/mol. The van der Waals surface area contributed by atoms with Crippen LogP contribution in [0.3, 0.4) is 0 Å². The molecule has 1 unspecified atom stereocenters. The molecule has 0 heterocycles. The maximum atomic E-state index is 13.5. The van der Waals surface area contributed by atoms with Crippen LogP contribution in [-0.4, -0.2) is 50.5 Å². The van der Waals surface area contributed by atoms with E-state index in [1.807, 2.05) is 6.92 Å². The van der Waals surface area contributed by atoms with Crippen molar-refractivity contribution in [2.45, 2.75) is 32.9 Å². The van der Waals surface area contributed by atoms with E-state index in [9.17, 15) is 18.0 Å². The molecule has 0 aliphatic carbocycles. The van der Waals surface area contributed by atoms with Gasteiger partial charge in [0.15, 0.2) is 0 Å². The third kappa shape index (κ3) is 8.03. The number of sulfonamides is 1. The number of hydrogen-bond acceptors (Lipinski definition) is 4. The Morgan fingerprint density at radius 2 is 1.54 bits per heavy atom. The minimum atomic E-state index is -3.98. The molecule has 0 radical (unpaired) electrons. The highest BCUT2D eigenvalue weighted by Crippen LogP contribution is 2.35. The molecule has 0 fully saturated rings. The van der Waals surface area contributed by atoms with Crippen molar-refractivity contribution in [2.24, 2.45) is 0 Å². The molecule has 13 heteroatoms. The number of amides is 2. The molecule has 0 spiro atoms. The molecular formula is C22H24Cl5N3O4S. The number of rotatable bonds is 10. The van der Waals surface area contributed by atoms with Crippen molar-refractivity contribution in [2.75, 3.05) is 23.7 Å². The molecule has 2 amide bonds. The number of hydrogen-bond donors (Lipinski definition) is 1. The van der Waals surface area contributed by atoms with Crippen LogP contribution in [-0.2, 0) is 26.2 Å². The van der Waals surface area contributed by atoms with Gasteiger partial charge in [-0.25, -0.2) is 8.42 Å². The molecule has 0 aromatic heterocycles. The van der Waals surface area contributed by atoms with Gasteiger partial charge in [0.05, 0.1) is 37.1 Å². The standard InChI is InChI=1S/C22H24Cl5N3O4S/c1-4-7-28-22(32)13(2)29(11-14-5-6-15(23)16(24)8-14)21(31)12-30(35(3,33)34)20-10-18(26)17(25)9-19(20)27/h5-6,8-10,13H,4,7,11-12H2,1-3H3,(H,28,32). The van der Waals surface area contributed by atoms with Gasteiger partial charge < -0.3 is 10.2 Å². The second-order valence-corrected chi connectivity index (χ2v) is 11.7. The summed E-state index contributed by atoms with van der Waals surface area (Å²) in [5, 5.41) is 3.54. The molecule has 0 saturated carbocycles. The van der Waals surface area contributed by atoms with E-state index >= 15 is 0 Å². The lowest BCUT2D eigenvalue weighted by Gasteiger charge is -2.31. The van der Waals surface area contributed by atoms with Crippen LogP contribution in [0, 0.1) is 0 Å². The van der Waals surface area contributed by atoms with Crippen molar-refractivity contribution in [3.8, 4) is 0 Å². The average molecular weight is 604 g/mol. The Bertz CT molecular complexity index is 1210. The van der Waals surface area contributed by atoms with Crippen LogP contribution < -0.4 is 9.62 Å². The second kappa shape index (κ2) is 12.7. The van der Waals surface area contributed by atoms with Crippen molar-refractivity contribution in [1.29, 1.82) is 0 Å². The maximum Gasteiger partial charge on any atom is 0.244 e. The predicted octanol–water partition coefficient (Wildman–Crippen LogP) is 5.66. The number of anilines is 1. The summed E-state index contributed by atoms with van der Waals surface area (Å²) in [5.74, 6) is -1.04. The summed E-state index contributed by atoms with van der Waals surface area (Å²) in [6.45, 7) is 3.21. The Morgan fingerprint density at radius 1 is 0.943 bits per heavy atom. The summed E-state index contributed by atoms with van der Waals surface area (Å²) < 4.78 is 26.1. The Morgan fingerprint density at radius 3 is 2.11 bits per heavy atom. The fourth-order valence-corrected chi connectivity index (χ4v) is 4.98. The molecule has 35 heavy (non-hydrogen) atoms. The van der Waals surface area contributed by atoms with E-state index in [2.05, 4.69) is 5.32 Å². The topological polar surface area (TPSA) is 86.8 Å². The summed E-state index contributed by atoms with van der Waals surface area (Å²) in [4.78, 5) is 27.5. The van der Waals surface area contributed by atoms with E-state index in [1.165, 1.54) is 17.0 Å². The number of nitrogens with one attached hydrogen (secondary N) is 1. The summed E-state index contributed by atoms with van der Waals surface area (Å²) in [5.41, 5.74) is 0.579. The van der Waals surface area contributed by atoms with Crippen molar-refractivity contribution in [3.05, 3.63) is 61.0 Å². The maximum absolute atomic E-state index is 13.5. The minimum Gasteiger partial charge on any atom is -0.354 e. The largest absolute Gasteiger partial charge is 0.354 e. The normalized spacial score (nSPS) is 12.2. The lowest BCUT2D eigenvalue weighted by Crippen LogP contribution is -2.51. The van der Waals surface area contributed by atoms with E-state index in [4.69, 9.17) is 58.0 Å². The van der Waals surface area contributed by atoms with Gasteiger partial charge in [-0.2, -0.15) is 0 Å². The van der Waals surface area contributed by atoms with E-state index in [1.54, 1.807) is 25.1 Å². The zero-order valence-corrected chi connectivity index (χ0v) is 23.7. The molecule has 0 saturated heterocycles. The number of halogens is 5. The molecule has 2 rings (SSSR count). The summed E-state index contributed by atoms with van der Waals surface area (Å²) in [7, 11) is -3.98. The van der Waals surface area contributed by atoms with Crippen LogP contribution in [0.1, 0.15) is 25.8 Å². The van der Waals surface area contributed by atoms with Gasteiger partial charge in [0.25, 0.3) is 0 Å². The number of nitrogens with zero attached hydrogens (tertiary/aromatic N) is 2. The van der Waals surface area contributed by atoms with E-state index in [0.717, 1.165) is 10.6 Å². The summed E-state index contributed by atoms with van der Waals surface area (Å²) in [6, 6.07) is 6.44. The number of carbonyl (C=O) groups excluding carboxylic acids is 2. The van der Waals surface area contributed by atoms with E-state index in [-0.39, 0.29) is 32.3 Å². The van der Waals surface area contributed by atoms with Crippen LogP contribution >= 0.6 is 58.0 Å². The number of benzene rings is 2. The average Bonchev–Trinajstić information content (AvgIpc) is 2.77. The van der Waals surface area contributed by atoms with Crippen molar-refractivity contribution >= 4 is 85.5 Å². The molecule has 2 aromatic rings. The van der Waals surface area contributed by atoms with Gasteiger partial charge in [0, 0.05) is 13.1 Å². The Kier molecular flexibility index (Phi) is 10.8. The molecule has 0 aliphatic heterocycles. The lowest BCUT2D eigenvalue weighted by molar-refractivity contribution is -0.139. The monoisotopic (exact) mass is 601 g/mol. The highest BCUT2D eigenvalue weighted by molar-refractivity contribution is 7.92. The predicted molar refractivity (Wildman–Crippen MR) is 143 cm³/mol. The van der Waals surface area contributed by atoms with Crippen molar-refractivity contribution in [1.82, 2.24) is 10.2 Å². The first-order valence-electron chi connectivity index (χ1n) is 10.4. The van der Waals surface area contributed by atoms with Crippen LogP contribution in [0.4, 0.5) is 5.69 Å². The highest BCUT2D eigenvalue weighted by Gasteiger charge is 2.31. The minimum absolute atomic E-state index is 0.0117. The molecule has 7 nitrogen and oxygen atoms in total. The fourth-order valence-electron chi connectivity index (χ4n) is 3.11. The van der Waals surface area contributed by atoms with Gasteiger partial charge in [-0.1, -0.05) is 71.0 Å². The summed E-state index contributed by atoms with van der Waals surface area (Å²) in [6.07, 6.45) is 1.64. The zero-order chi connectivity index (χ0) is 26.5. The van der Waals surface area contributed by atoms with Crippen molar-refractivity contribution < 1.29 is 18.0 Å². The second-order valence-electron chi connectivity index (χ2n) is 7.72.